The molecule has 0 saturated carbocycles. The molecule has 0 fully saturated rings. The van der Waals surface area contributed by atoms with E-state index >= 15 is 0 Å². The molecule has 1 N–H and O–H groups in total. The number of rotatable bonds is 4. The van der Waals surface area contributed by atoms with Gasteiger partial charge in [-0.2, -0.15) is 13.2 Å². The highest BCUT2D eigenvalue weighted by atomic mass is 19.4. The fraction of sp³-hybridized carbons (Fsp3) is 0.227. The lowest BCUT2D eigenvalue weighted by molar-refractivity contribution is -0.137. The van der Waals surface area contributed by atoms with E-state index in [1.807, 2.05) is 19.9 Å². The van der Waals surface area contributed by atoms with Crippen LogP contribution in [0.5, 0.6) is 5.75 Å². The number of aryl methyl sites for hydroxylation is 2. The summed E-state index contributed by atoms with van der Waals surface area (Å²) in [5, 5.41) is 3.49. The smallest absolute Gasteiger partial charge is 0.416 e. The lowest BCUT2D eigenvalue weighted by atomic mass is 10.0. The molecule has 0 spiro atoms. The van der Waals surface area contributed by atoms with Crippen LogP contribution in [-0.4, -0.2) is 13.0 Å². The molecule has 1 amide bonds. The van der Waals surface area contributed by atoms with Crippen LogP contribution < -0.4 is 10.1 Å². The van der Waals surface area contributed by atoms with Crippen LogP contribution in [-0.2, 0) is 11.0 Å². The van der Waals surface area contributed by atoms with E-state index in [1.54, 1.807) is 13.0 Å². The van der Waals surface area contributed by atoms with Gasteiger partial charge in [-0.15, -0.1) is 0 Å². The van der Waals surface area contributed by atoms with E-state index in [0.29, 0.717) is 16.9 Å². The topological polar surface area (TPSA) is 51.5 Å². The average Bonchev–Trinajstić information content (AvgIpc) is 2.93. The first-order valence-corrected chi connectivity index (χ1v) is 8.85. The molecule has 4 nitrogen and oxygen atoms in total. The molecular formula is C22H20F3NO3. The number of hydrogen-bond acceptors (Lipinski definition) is 3. The summed E-state index contributed by atoms with van der Waals surface area (Å²) in [6.45, 7) is 5.59. The summed E-state index contributed by atoms with van der Waals surface area (Å²) >= 11 is 0. The van der Waals surface area contributed by atoms with Gasteiger partial charge >= 0.3 is 6.18 Å². The van der Waals surface area contributed by atoms with Gasteiger partial charge < -0.3 is 14.5 Å². The third kappa shape index (κ3) is 4.29. The van der Waals surface area contributed by atoms with Gasteiger partial charge in [-0.25, -0.2) is 0 Å². The highest BCUT2D eigenvalue weighted by molar-refractivity contribution is 6.04. The van der Waals surface area contributed by atoms with Crippen molar-refractivity contribution in [2.24, 2.45) is 0 Å². The molecule has 1 heterocycles. The molecule has 0 radical (unpaired) electrons. The van der Waals surface area contributed by atoms with Crippen LogP contribution in [0.25, 0.3) is 16.5 Å². The Bertz CT molecular complexity index is 1090. The quantitative estimate of drug-likeness (QED) is 0.534. The van der Waals surface area contributed by atoms with Crippen LogP contribution in [0.4, 0.5) is 18.9 Å². The first-order chi connectivity index (χ1) is 13.6. The normalized spacial score (nSPS) is 12.3. The van der Waals surface area contributed by atoms with Crippen molar-refractivity contribution < 1.29 is 27.1 Å². The summed E-state index contributed by atoms with van der Waals surface area (Å²) in [6, 6.07) is 7.95. The first-order valence-electron chi connectivity index (χ1n) is 8.85. The molecule has 0 aliphatic heterocycles. The van der Waals surface area contributed by atoms with Gasteiger partial charge in [-0.3, -0.25) is 4.79 Å². The Labute approximate surface area is 166 Å². The standard InChI is InChI=1S/C22H20F3NO3/c1-12(9-21(27)26-16-7-5-15(6-8-16)22(23,24)25)17-10-18-13(2)14(3)29-20(18)11-19(17)28-4/h5-11H,1-4H3,(H,26,27)/b12-9+. The van der Waals surface area contributed by atoms with E-state index in [0.717, 1.165) is 34.4 Å². The summed E-state index contributed by atoms with van der Waals surface area (Å²) in [5.74, 6) is 0.910. The number of allylic oxidation sites excluding steroid dienone is 1. The number of anilines is 1. The molecule has 29 heavy (non-hydrogen) atoms. The number of fused-ring (bicyclic) bond motifs is 1. The number of furan rings is 1. The number of ether oxygens (including phenoxy) is 1. The molecule has 0 atom stereocenters. The number of carbonyl (C=O) groups is 1. The minimum atomic E-state index is -4.42. The summed E-state index contributed by atoms with van der Waals surface area (Å²) in [6.07, 6.45) is -3.04. The number of alkyl halides is 3. The maximum Gasteiger partial charge on any atom is 0.416 e. The number of halogens is 3. The van der Waals surface area contributed by atoms with Gasteiger partial charge in [0, 0.05) is 28.8 Å². The molecule has 7 heteroatoms. The van der Waals surface area contributed by atoms with Crippen molar-refractivity contribution in [2.45, 2.75) is 26.9 Å². The maximum absolute atomic E-state index is 12.6. The maximum atomic E-state index is 12.6. The van der Waals surface area contributed by atoms with Crippen molar-refractivity contribution >= 4 is 28.1 Å². The minimum Gasteiger partial charge on any atom is -0.496 e. The predicted octanol–water partition coefficient (Wildman–Crippen LogP) is 6.12. The minimum absolute atomic E-state index is 0.274. The summed E-state index contributed by atoms with van der Waals surface area (Å²) in [5.41, 5.74) is 2.58. The lowest BCUT2D eigenvalue weighted by Gasteiger charge is -2.10. The van der Waals surface area contributed by atoms with Crippen molar-refractivity contribution in [1.29, 1.82) is 0 Å². The lowest BCUT2D eigenvalue weighted by Crippen LogP contribution is -2.10. The Morgan fingerprint density at radius 2 is 1.79 bits per heavy atom. The monoisotopic (exact) mass is 403 g/mol. The molecule has 0 bridgehead atoms. The largest absolute Gasteiger partial charge is 0.496 e. The molecule has 2 aromatic carbocycles. The number of amides is 1. The Morgan fingerprint density at radius 3 is 2.38 bits per heavy atom. The van der Waals surface area contributed by atoms with Crippen LogP contribution in [0, 0.1) is 13.8 Å². The molecule has 3 aromatic rings. The highest BCUT2D eigenvalue weighted by Crippen LogP contribution is 2.35. The van der Waals surface area contributed by atoms with E-state index in [9.17, 15) is 18.0 Å². The summed E-state index contributed by atoms with van der Waals surface area (Å²) in [7, 11) is 1.53. The van der Waals surface area contributed by atoms with Crippen LogP contribution >= 0.6 is 0 Å². The van der Waals surface area contributed by atoms with Gasteiger partial charge in [-0.1, -0.05) is 0 Å². The van der Waals surface area contributed by atoms with Crippen molar-refractivity contribution in [3.8, 4) is 5.75 Å². The fourth-order valence-corrected chi connectivity index (χ4v) is 3.04. The number of benzene rings is 2. The second kappa shape index (κ2) is 7.66. The van der Waals surface area contributed by atoms with Gasteiger partial charge in [0.25, 0.3) is 0 Å². The highest BCUT2D eigenvalue weighted by Gasteiger charge is 2.30. The van der Waals surface area contributed by atoms with Gasteiger partial charge in [0.15, 0.2) is 0 Å². The predicted molar refractivity (Wildman–Crippen MR) is 106 cm³/mol. The molecule has 1 aromatic heterocycles. The van der Waals surface area contributed by atoms with Crippen LogP contribution in [0.15, 0.2) is 46.9 Å². The number of nitrogens with one attached hydrogen (secondary N) is 1. The van der Waals surface area contributed by atoms with Crippen molar-refractivity contribution in [2.75, 3.05) is 12.4 Å². The Kier molecular flexibility index (Phi) is 5.42. The Hall–Kier alpha value is -3.22. The second-order valence-electron chi connectivity index (χ2n) is 6.72. The van der Waals surface area contributed by atoms with E-state index in [1.165, 1.54) is 25.3 Å². The molecule has 0 unspecified atom stereocenters. The van der Waals surface area contributed by atoms with Crippen molar-refractivity contribution in [3.63, 3.8) is 0 Å². The first kappa shape index (κ1) is 20.5. The fourth-order valence-electron chi connectivity index (χ4n) is 3.04. The van der Waals surface area contributed by atoms with Crippen LogP contribution in [0.3, 0.4) is 0 Å². The molecule has 3 rings (SSSR count). The van der Waals surface area contributed by atoms with Gasteiger partial charge in [-0.05, 0) is 62.2 Å². The zero-order chi connectivity index (χ0) is 21.3. The van der Waals surface area contributed by atoms with Gasteiger partial charge in [0.2, 0.25) is 5.91 Å². The molecule has 152 valence electrons. The molecule has 0 aliphatic rings. The van der Waals surface area contributed by atoms with Crippen LogP contribution in [0.1, 0.15) is 29.4 Å². The van der Waals surface area contributed by atoms with E-state index < -0.39 is 17.6 Å². The molecular weight excluding hydrogens is 383 g/mol. The van der Waals surface area contributed by atoms with Crippen LogP contribution in [0.2, 0.25) is 0 Å². The van der Waals surface area contributed by atoms with Crippen molar-refractivity contribution in [1.82, 2.24) is 0 Å². The van der Waals surface area contributed by atoms with E-state index in [2.05, 4.69) is 5.32 Å². The number of carbonyl (C=O) groups excluding carboxylic acids is 1. The average molecular weight is 403 g/mol. The zero-order valence-corrected chi connectivity index (χ0v) is 16.4. The Balaban J connectivity index is 1.86. The SMILES string of the molecule is COc1cc2oc(C)c(C)c2cc1/C(C)=C/C(=O)Nc1ccc(C(F)(F)F)cc1. The van der Waals surface area contributed by atoms with E-state index in [4.69, 9.17) is 9.15 Å². The third-order valence-electron chi connectivity index (χ3n) is 4.75. The second-order valence-corrected chi connectivity index (χ2v) is 6.72. The van der Waals surface area contributed by atoms with Gasteiger partial charge in [0.05, 0.1) is 12.7 Å². The number of hydrogen-bond donors (Lipinski definition) is 1. The van der Waals surface area contributed by atoms with E-state index in [-0.39, 0.29) is 5.69 Å². The third-order valence-corrected chi connectivity index (χ3v) is 4.75. The van der Waals surface area contributed by atoms with Gasteiger partial charge in [0.1, 0.15) is 17.1 Å². The Morgan fingerprint density at radius 1 is 1.14 bits per heavy atom. The summed E-state index contributed by atoms with van der Waals surface area (Å²) < 4.78 is 49.1. The molecule has 0 saturated heterocycles. The zero-order valence-electron chi connectivity index (χ0n) is 16.4. The number of methoxy groups -OCH3 is 1. The van der Waals surface area contributed by atoms with Crippen molar-refractivity contribution in [3.05, 3.63) is 64.9 Å². The summed E-state index contributed by atoms with van der Waals surface area (Å²) in [4.78, 5) is 12.3. The molecule has 0 aliphatic carbocycles.